The van der Waals surface area contributed by atoms with E-state index in [9.17, 15) is 13.2 Å². The molecule has 0 aliphatic rings. The van der Waals surface area contributed by atoms with Crippen LogP contribution in [0.15, 0.2) is 29.2 Å². The largest absolute Gasteiger partial charge is 0.469 e. The minimum Gasteiger partial charge on any atom is -0.469 e. The van der Waals surface area contributed by atoms with Gasteiger partial charge in [-0.2, -0.15) is 0 Å². The molecule has 0 aromatic heterocycles. The van der Waals surface area contributed by atoms with Gasteiger partial charge < -0.3 is 10.5 Å². The summed E-state index contributed by atoms with van der Waals surface area (Å²) in [5.41, 5.74) is 5.85. The van der Waals surface area contributed by atoms with Gasteiger partial charge >= 0.3 is 5.97 Å². The number of benzene rings is 1. The molecule has 0 aliphatic heterocycles. The van der Waals surface area contributed by atoms with Gasteiger partial charge in [0.15, 0.2) is 9.84 Å². The van der Waals surface area contributed by atoms with E-state index in [0.29, 0.717) is 5.56 Å². The SMILES string of the molecule is COC(=O)C(C)(C)[C@@H](N)c1ccc(S(C)(=O)=O)cc1.Cl. The maximum absolute atomic E-state index is 11.7. The molecule has 1 aromatic carbocycles. The standard InChI is InChI=1S/C13H19NO4S.ClH/c1-13(2,12(15)18-3)11(14)9-5-7-10(8-6-9)19(4,16)17;/h5-8,11H,14H2,1-4H3;1H/t11-;/m0./s1. The monoisotopic (exact) mass is 321 g/mol. The summed E-state index contributed by atoms with van der Waals surface area (Å²) in [5.74, 6) is -0.410. The molecule has 5 nitrogen and oxygen atoms in total. The predicted molar refractivity (Wildman–Crippen MR) is 79.5 cm³/mol. The third kappa shape index (κ3) is 3.94. The van der Waals surface area contributed by atoms with E-state index in [4.69, 9.17) is 10.5 Å². The number of sulfone groups is 1. The highest BCUT2D eigenvalue weighted by Gasteiger charge is 2.36. The highest BCUT2D eigenvalue weighted by molar-refractivity contribution is 7.90. The van der Waals surface area contributed by atoms with Gasteiger partial charge in [-0.25, -0.2) is 8.42 Å². The van der Waals surface area contributed by atoms with Crippen molar-refractivity contribution < 1.29 is 17.9 Å². The number of carbonyl (C=O) groups is 1. The summed E-state index contributed by atoms with van der Waals surface area (Å²) in [6.07, 6.45) is 1.14. The number of halogens is 1. The van der Waals surface area contributed by atoms with Gasteiger partial charge in [-0.3, -0.25) is 4.79 Å². The summed E-state index contributed by atoms with van der Waals surface area (Å²) in [6.45, 7) is 3.38. The fraction of sp³-hybridized carbons (Fsp3) is 0.462. The van der Waals surface area contributed by atoms with E-state index in [-0.39, 0.29) is 17.3 Å². The van der Waals surface area contributed by atoms with E-state index >= 15 is 0 Å². The fourth-order valence-electron chi connectivity index (χ4n) is 1.73. The zero-order chi connectivity index (χ0) is 14.8. The van der Waals surface area contributed by atoms with Gasteiger partial charge in [0.25, 0.3) is 0 Å². The molecule has 20 heavy (non-hydrogen) atoms. The van der Waals surface area contributed by atoms with Crippen LogP contribution in [0.25, 0.3) is 0 Å². The second kappa shape index (κ2) is 6.56. The van der Waals surface area contributed by atoms with Crippen molar-refractivity contribution in [3.63, 3.8) is 0 Å². The van der Waals surface area contributed by atoms with E-state index in [2.05, 4.69) is 0 Å². The molecule has 2 N–H and O–H groups in total. The first-order chi connectivity index (χ1) is 8.60. The van der Waals surface area contributed by atoms with Crippen molar-refractivity contribution in [3.05, 3.63) is 29.8 Å². The maximum atomic E-state index is 11.7. The van der Waals surface area contributed by atoms with Gasteiger partial charge in [0.05, 0.1) is 17.4 Å². The molecule has 1 atom stereocenters. The number of carbonyl (C=O) groups excluding carboxylic acids is 1. The number of nitrogens with two attached hydrogens (primary N) is 1. The van der Waals surface area contributed by atoms with Crippen LogP contribution >= 0.6 is 12.4 Å². The molecular formula is C13H20ClNO4S. The summed E-state index contributed by atoms with van der Waals surface area (Å²) in [5, 5.41) is 0. The van der Waals surface area contributed by atoms with E-state index in [1.165, 1.54) is 19.2 Å². The summed E-state index contributed by atoms with van der Waals surface area (Å²) >= 11 is 0. The van der Waals surface area contributed by atoms with Crippen LogP contribution in [0, 0.1) is 5.41 Å². The summed E-state index contributed by atoms with van der Waals surface area (Å²) in [4.78, 5) is 11.9. The van der Waals surface area contributed by atoms with Gasteiger partial charge in [-0.05, 0) is 31.5 Å². The van der Waals surface area contributed by atoms with Crippen LogP contribution in [0.4, 0.5) is 0 Å². The molecule has 0 heterocycles. The normalized spacial score (nSPS) is 13.2. The first kappa shape index (κ1) is 18.9. The highest BCUT2D eigenvalue weighted by Crippen LogP contribution is 2.32. The Hall–Kier alpha value is -1.11. The Labute approximate surface area is 125 Å². The molecule has 114 valence electrons. The smallest absolute Gasteiger partial charge is 0.313 e. The van der Waals surface area contributed by atoms with Crippen LogP contribution in [-0.2, 0) is 19.4 Å². The van der Waals surface area contributed by atoms with Crippen LogP contribution in [0.1, 0.15) is 25.5 Å². The summed E-state index contributed by atoms with van der Waals surface area (Å²) in [7, 11) is -1.93. The fourth-order valence-corrected chi connectivity index (χ4v) is 2.36. The lowest BCUT2D eigenvalue weighted by molar-refractivity contribution is -0.152. The lowest BCUT2D eigenvalue weighted by Gasteiger charge is -2.29. The van der Waals surface area contributed by atoms with Crippen molar-refractivity contribution in [2.75, 3.05) is 13.4 Å². The Balaban J connectivity index is 0.00000361. The molecule has 0 radical (unpaired) electrons. The molecular weight excluding hydrogens is 302 g/mol. The highest BCUT2D eigenvalue weighted by atomic mass is 35.5. The van der Waals surface area contributed by atoms with E-state index in [1.54, 1.807) is 26.0 Å². The Bertz CT molecular complexity index is 567. The van der Waals surface area contributed by atoms with Gasteiger partial charge in [-0.15, -0.1) is 12.4 Å². The molecule has 0 bridgehead atoms. The third-order valence-electron chi connectivity index (χ3n) is 3.16. The zero-order valence-electron chi connectivity index (χ0n) is 11.9. The second-order valence-electron chi connectivity index (χ2n) is 5.03. The number of methoxy groups -OCH3 is 1. The molecule has 0 spiro atoms. The Kier molecular flexibility index (Phi) is 6.20. The first-order valence-electron chi connectivity index (χ1n) is 5.74. The Morgan fingerprint density at radius 3 is 2.05 bits per heavy atom. The number of hydrogen-bond acceptors (Lipinski definition) is 5. The lowest BCUT2D eigenvalue weighted by atomic mass is 9.81. The van der Waals surface area contributed by atoms with Crippen LogP contribution in [0.3, 0.4) is 0 Å². The first-order valence-corrected chi connectivity index (χ1v) is 7.64. The Morgan fingerprint density at radius 2 is 1.70 bits per heavy atom. The molecule has 0 amide bonds. The minimum atomic E-state index is -3.23. The van der Waals surface area contributed by atoms with Gasteiger partial charge in [-0.1, -0.05) is 12.1 Å². The van der Waals surface area contributed by atoms with Gasteiger partial charge in [0.2, 0.25) is 0 Å². The number of hydrogen-bond donors (Lipinski definition) is 1. The molecule has 0 unspecified atom stereocenters. The summed E-state index contributed by atoms with van der Waals surface area (Å²) < 4.78 is 27.4. The second-order valence-corrected chi connectivity index (χ2v) is 7.05. The quantitative estimate of drug-likeness (QED) is 0.853. The molecule has 1 rings (SSSR count). The van der Waals surface area contributed by atoms with Crippen molar-refractivity contribution in [2.24, 2.45) is 11.1 Å². The van der Waals surface area contributed by atoms with E-state index in [1.807, 2.05) is 0 Å². The third-order valence-corrected chi connectivity index (χ3v) is 4.28. The average Bonchev–Trinajstić information content (AvgIpc) is 2.35. The Morgan fingerprint density at radius 1 is 1.25 bits per heavy atom. The van der Waals surface area contributed by atoms with Crippen LogP contribution in [0.5, 0.6) is 0 Å². The van der Waals surface area contributed by atoms with Crippen LogP contribution in [-0.4, -0.2) is 27.8 Å². The topological polar surface area (TPSA) is 86.5 Å². The van der Waals surface area contributed by atoms with Crippen molar-refractivity contribution in [1.82, 2.24) is 0 Å². The zero-order valence-corrected chi connectivity index (χ0v) is 13.5. The number of rotatable bonds is 4. The van der Waals surface area contributed by atoms with Crippen molar-refractivity contribution in [1.29, 1.82) is 0 Å². The number of ether oxygens (including phenoxy) is 1. The molecule has 0 aliphatic carbocycles. The van der Waals surface area contributed by atoms with Crippen molar-refractivity contribution >= 4 is 28.2 Å². The van der Waals surface area contributed by atoms with Gasteiger partial charge in [0.1, 0.15) is 0 Å². The maximum Gasteiger partial charge on any atom is 0.313 e. The molecule has 0 saturated heterocycles. The van der Waals surface area contributed by atoms with Crippen LogP contribution < -0.4 is 5.73 Å². The lowest BCUT2D eigenvalue weighted by Crippen LogP contribution is -2.37. The van der Waals surface area contributed by atoms with E-state index in [0.717, 1.165) is 6.26 Å². The van der Waals surface area contributed by atoms with E-state index < -0.39 is 27.3 Å². The number of esters is 1. The molecule has 1 aromatic rings. The molecule has 0 fully saturated rings. The molecule has 7 heteroatoms. The van der Waals surface area contributed by atoms with Crippen molar-refractivity contribution in [2.45, 2.75) is 24.8 Å². The van der Waals surface area contributed by atoms with Gasteiger partial charge in [0, 0.05) is 12.3 Å². The average molecular weight is 322 g/mol. The van der Waals surface area contributed by atoms with Crippen LogP contribution in [0.2, 0.25) is 0 Å². The van der Waals surface area contributed by atoms with Crippen molar-refractivity contribution in [3.8, 4) is 0 Å². The summed E-state index contributed by atoms with van der Waals surface area (Å²) in [6, 6.07) is 5.63. The minimum absolute atomic E-state index is 0. The predicted octanol–water partition coefficient (Wildman–Crippen LogP) is 1.71. The molecule has 0 saturated carbocycles.